The highest BCUT2D eigenvalue weighted by Gasteiger charge is 2.20. The number of ether oxygens (including phenoxy) is 1. The maximum atomic E-state index is 11.5. The second-order valence-corrected chi connectivity index (χ2v) is 8.47. The van der Waals surface area contributed by atoms with Gasteiger partial charge < -0.3 is 10.1 Å². The summed E-state index contributed by atoms with van der Waals surface area (Å²) in [4.78, 5) is 4.48. The normalized spacial score (nSPS) is 20.6. The molecule has 1 saturated heterocycles. The molecule has 132 valence electrons. The van der Waals surface area contributed by atoms with Gasteiger partial charge >= 0.3 is 0 Å². The van der Waals surface area contributed by atoms with Crippen LogP contribution in [0.5, 0.6) is 5.75 Å². The minimum absolute atomic E-state index is 0.420. The topological polar surface area (TPSA) is 71.5 Å². The molecule has 0 saturated carbocycles. The number of aromatic nitrogens is 1. The maximum absolute atomic E-state index is 11.5. The van der Waals surface area contributed by atoms with Gasteiger partial charge in [-0.25, -0.2) is 8.42 Å². The highest BCUT2D eigenvalue weighted by atomic mass is 32.2. The van der Waals surface area contributed by atoms with E-state index < -0.39 is 10.0 Å². The van der Waals surface area contributed by atoms with Crippen molar-refractivity contribution in [2.45, 2.75) is 19.3 Å². The molecule has 1 aromatic rings. The third-order valence-corrected chi connectivity index (χ3v) is 5.92. The summed E-state index contributed by atoms with van der Waals surface area (Å²) in [6.07, 6.45) is 7.97. The fourth-order valence-electron chi connectivity index (χ4n) is 3.10. The Kier molecular flexibility index (Phi) is 5.53. The lowest BCUT2D eigenvalue weighted by Gasteiger charge is -2.24. The summed E-state index contributed by atoms with van der Waals surface area (Å²) in [5.41, 5.74) is 2.00. The molecule has 7 heteroatoms. The van der Waals surface area contributed by atoms with Gasteiger partial charge in [-0.2, -0.15) is 4.31 Å². The van der Waals surface area contributed by atoms with Crippen molar-refractivity contribution in [2.75, 3.05) is 39.0 Å². The quantitative estimate of drug-likeness (QED) is 0.871. The molecule has 3 heterocycles. The zero-order chi connectivity index (χ0) is 17.0. The second-order valence-electron chi connectivity index (χ2n) is 6.48. The zero-order valence-electron chi connectivity index (χ0n) is 14.1. The lowest BCUT2D eigenvalue weighted by molar-refractivity contribution is 0.214. The van der Waals surface area contributed by atoms with Crippen molar-refractivity contribution < 1.29 is 13.2 Å². The van der Waals surface area contributed by atoms with Crippen LogP contribution in [0.1, 0.15) is 25.0 Å². The SMILES string of the molecule is CS(=O)(=O)N1CC=C(c2ccc(OCC3CCNCC3)cn2)CC1. The molecule has 0 radical (unpaired) electrons. The average Bonchev–Trinajstić information content (AvgIpc) is 2.61. The van der Waals surface area contributed by atoms with Crippen LogP contribution in [0.25, 0.3) is 5.57 Å². The van der Waals surface area contributed by atoms with E-state index in [-0.39, 0.29) is 0 Å². The zero-order valence-corrected chi connectivity index (χ0v) is 14.9. The molecule has 1 N–H and O–H groups in total. The predicted octanol–water partition coefficient (Wildman–Crippen LogP) is 1.51. The minimum Gasteiger partial charge on any atom is -0.492 e. The Morgan fingerprint density at radius 1 is 1.33 bits per heavy atom. The average molecular weight is 351 g/mol. The van der Waals surface area contributed by atoms with Gasteiger partial charge in [-0.3, -0.25) is 4.98 Å². The molecule has 0 aliphatic carbocycles. The lowest BCUT2D eigenvalue weighted by atomic mass is 9.99. The van der Waals surface area contributed by atoms with Crippen LogP contribution in [0, 0.1) is 5.92 Å². The van der Waals surface area contributed by atoms with Gasteiger partial charge in [0.25, 0.3) is 0 Å². The second kappa shape index (κ2) is 7.63. The van der Waals surface area contributed by atoms with Crippen molar-refractivity contribution in [2.24, 2.45) is 5.92 Å². The number of hydrogen-bond acceptors (Lipinski definition) is 5. The molecule has 1 aromatic heterocycles. The summed E-state index contributed by atoms with van der Waals surface area (Å²) in [5.74, 6) is 1.42. The Morgan fingerprint density at radius 2 is 2.12 bits per heavy atom. The number of sulfonamides is 1. The Balaban J connectivity index is 1.55. The van der Waals surface area contributed by atoms with Gasteiger partial charge in [-0.05, 0) is 56.0 Å². The standard InChI is InChI=1S/C17H25N3O3S/c1-24(21,22)20-10-6-15(7-11-20)17-3-2-16(12-19-17)23-13-14-4-8-18-9-5-14/h2-3,6,12,14,18H,4-5,7-11,13H2,1H3. The van der Waals surface area contributed by atoms with Crippen LogP contribution in [-0.2, 0) is 10.0 Å². The largest absolute Gasteiger partial charge is 0.492 e. The molecule has 0 spiro atoms. The van der Waals surface area contributed by atoms with Crippen LogP contribution in [0.4, 0.5) is 0 Å². The summed E-state index contributed by atoms with van der Waals surface area (Å²) in [6, 6.07) is 3.91. The molecule has 0 amide bonds. The molecular formula is C17H25N3O3S. The van der Waals surface area contributed by atoms with Crippen LogP contribution in [0.3, 0.4) is 0 Å². The summed E-state index contributed by atoms with van der Waals surface area (Å²) in [5, 5.41) is 3.35. The van der Waals surface area contributed by atoms with Gasteiger partial charge in [-0.1, -0.05) is 6.08 Å². The molecule has 0 unspecified atom stereocenters. The van der Waals surface area contributed by atoms with Crippen molar-refractivity contribution in [3.8, 4) is 5.75 Å². The summed E-state index contributed by atoms with van der Waals surface area (Å²) >= 11 is 0. The van der Waals surface area contributed by atoms with E-state index in [1.165, 1.54) is 10.6 Å². The first-order valence-corrected chi connectivity index (χ1v) is 10.3. The van der Waals surface area contributed by atoms with Crippen molar-refractivity contribution >= 4 is 15.6 Å². The van der Waals surface area contributed by atoms with Gasteiger partial charge in [0.2, 0.25) is 10.0 Å². The number of nitrogens with zero attached hydrogens (tertiary/aromatic N) is 2. The van der Waals surface area contributed by atoms with E-state index >= 15 is 0 Å². The lowest BCUT2D eigenvalue weighted by Crippen LogP contribution is -2.33. The Morgan fingerprint density at radius 3 is 2.71 bits per heavy atom. The number of hydrogen-bond donors (Lipinski definition) is 1. The van der Waals surface area contributed by atoms with Crippen molar-refractivity contribution in [3.05, 3.63) is 30.1 Å². The Bertz CT molecular complexity index is 680. The van der Waals surface area contributed by atoms with E-state index in [1.807, 2.05) is 18.2 Å². The molecular weight excluding hydrogens is 326 g/mol. The molecule has 0 aromatic carbocycles. The van der Waals surface area contributed by atoms with Crippen LogP contribution >= 0.6 is 0 Å². The van der Waals surface area contributed by atoms with E-state index in [2.05, 4.69) is 10.3 Å². The molecule has 1 fully saturated rings. The van der Waals surface area contributed by atoms with Gasteiger partial charge in [0.05, 0.1) is 24.8 Å². The monoisotopic (exact) mass is 351 g/mol. The van der Waals surface area contributed by atoms with Crippen molar-refractivity contribution in [1.82, 2.24) is 14.6 Å². The van der Waals surface area contributed by atoms with Gasteiger partial charge in [-0.15, -0.1) is 0 Å². The van der Waals surface area contributed by atoms with E-state index in [1.54, 1.807) is 6.20 Å². The number of rotatable bonds is 5. The Labute approximate surface area is 144 Å². The molecule has 24 heavy (non-hydrogen) atoms. The van der Waals surface area contributed by atoms with E-state index in [9.17, 15) is 8.42 Å². The third kappa shape index (κ3) is 4.55. The molecule has 0 atom stereocenters. The van der Waals surface area contributed by atoms with Crippen LogP contribution < -0.4 is 10.1 Å². The fraction of sp³-hybridized carbons (Fsp3) is 0.588. The molecule has 0 bridgehead atoms. The van der Waals surface area contributed by atoms with Gasteiger partial charge in [0.15, 0.2) is 0 Å². The first kappa shape index (κ1) is 17.4. The van der Waals surface area contributed by atoms with Gasteiger partial charge in [0, 0.05) is 13.1 Å². The highest BCUT2D eigenvalue weighted by Crippen LogP contribution is 2.23. The summed E-state index contributed by atoms with van der Waals surface area (Å²) in [7, 11) is -3.11. The number of pyridine rings is 1. The van der Waals surface area contributed by atoms with Gasteiger partial charge in [0.1, 0.15) is 5.75 Å². The highest BCUT2D eigenvalue weighted by molar-refractivity contribution is 7.88. The van der Waals surface area contributed by atoms with E-state index in [0.717, 1.165) is 49.6 Å². The fourth-order valence-corrected chi connectivity index (χ4v) is 3.87. The predicted molar refractivity (Wildman–Crippen MR) is 94.3 cm³/mol. The molecule has 2 aliphatic rings. The third-order valence-electron chi connectivity index (χ3n) is 4.65. The maximum Gasteiger partial charge on any atom is 0.211 e. The smallest absolute Gasteiger partial charge is 0.211 e. The minimum atomic E-state index is -3.11. The van der Waals surface area contributed by atoms with Crippen molar-refractivity contribution in [3.63, 3.8) is 0 Å². The van der Waals surface area contributed by atoms with Crippen LogP contribution in [0.15, 0.2) is 24.4 Å². The first-order chi connectivity index (χ1) is 11.5. The van der Waals surface area contributed by atoms with E-state index in [0.29, 0.717) is 25.4 Å². The van der Waals surface area contributed by atoms with Crippen LogP contribution in [0.2, 0.25) is 0 Å². The number of nitrogens with one attached hydrogen (secondary N) is 1. The van der Waals surface area contributed by atoms with Crippen molar-refractivity contribution in [1.29, 1.82) is 0 Å². The number of piperidine rings is 1. The molecule has 2 aliphatic heterocycles. The Hall–Kier alpha value is -1.44. The summed E-state index contributed by atoms with van der Waals surface area (Å²) in [6.45, 7) is 3.83. The summed E-state index contributed by atoms with van der Waals surface area (Å²) < 4.78 is 30.4. The van der Waals surface area contributed by atoms with Crippen LogP contribution in [-0.4, -0.2) is 56.7 Å². The van der Waals surface area contributed by atoms with E-state index in [4.69, 9.17) is 4.74 Å². The molecule has 6 nitrogen and oxygen atoms in total. The first-order valence-electron chi connectivity index (χ1n) is 8.46. The molecule has 3 rings (SSSR count).